The van der Waals surface area contributed by atoms with Crippen LogP contribution in [0.5, 0.6) is 0 Å². The summed E-state index contributed by atoms with van der Waals surface area (Å²) in [6, 6.07) is 17.0. The second-order valence-electron chi connectivity index (χ2n) is 19.9. The summed E-state index contributed by atoms with van der Waals surface area (Å²) in [5.74, 6) is -3.28. The zero-order valence-electron chi connectivity index (χ0n) is 38.0. The molecule has 2 aromatic heterocycles. The lowest BCUT2D eigenvalue weighted by Gasteiger charge is -2.36. The number of piperidine rings is 2. The molecule has 4 atom stereocenters. The summed E-state index contributed by atoms with van der Waals surface area (Å²) in [4.78, 5) is 67.7. The summed E-state index contributed by atoms with van der Waals surface area (Å²) in [7, 11) is -4.36. The number of imide groups is 1. The maximum Gasteiger partial charge on any atom is 0.301 e. The van der Waals surface area contributed by atoms with E-state index in [2.05, 4.69) is 59.8 Å². The molecular weight excluding hydrogens is 912 g/mol. The molecule has 3 N–H and O–H groups in total. The Kier molecular flexibility index (Phi) is 11.3. The number of hydrogen-bond donors (Lipinski definition) is 3. The van der Waals surface area contributed by atoms with Crippen LogP contribution in [0, 0.1) is 28.9 Å². The Morgan fingerprint density at radius 3 is 2.41 bits per heavy atom. The summed E-state index contributed by atoms with van der Waals surface area (Å²) in [5, 5.41) is 2.71. The molecule has 5 aromatic rings. The molecule has 19 heteroatoms. The fourth-order valence-electron chi connectivity index (χ4n) is 11.6. The first kappa shape index (κ1) is 45.2. The molecule has 69 heavy (non-hydrogen) atoms. The highest BCUT2D eigenvalue weighted by atomic mass is 32.2. The lowest BCUT2D eigenvalue weighted by molar-refractivity contribution is -0.136. The molecule has 15 nitrogen and oxygen atoms in total. The number of pyridine rings is 1. The van der Waals surface area contributed by atoms with E-state index < -0.39 is 57.0 Å². The van der Waals surface area contributed by atoms with Gasteiger partial charge in [-0.2, -0.15) is 12.7 Å². The summed E-state index contributed by atoms with van der Waals surface area (Å²) < 4.78 is 73.3. The third-order valence-electron chi connectivity index (χ3n) is 15.4. The van der Waals surface area contributed by atoms with E-state index in [-0.39, 0.29) is 48.7 Å². The first-order valence-corrected chi connectivity index (χ1v) is 25.1. The Morgan fingerprint density at radius 1 is 0.884 bits per heavy atom. The minimum Gasteiger partial charge on any atom is -0.372 e. The molecule has 360 valence electrons. The number of benzene rings is 3. The van der Waals surface area contributed by atoms with E-state index in [1.54, 1.807) is 17.2 Å². The van der Waals surface area contributed by atoms with E-state index in [1.807, 2.05) is 24.3 Å². The number of hydrogen-bond acceptors (Lipinski definition) is 10. The van der Waals surface area contributed by atoms with Gasteiger partial charge in [0, 0.05) is 123 Å². The van der Waals surface area contributed by atoms with Gasteiger partial charge in [0.1, 0.15) is 23.7 Å². The first-order chi connectivity index (χ1) is 33.1. The van der Waals surface area contributed by atoms with E-state index in [1.165, 1.54) is 6.20 Å². The molecule has 3 aromatic carbocycles. The average molecular weight is 964 g/mol. The normalized spacial score (nSPS) is 24.7. The predicted molar refractivity (Wildman–Crippen MR) is 253 cm³/mol. The number of rotatable bonds is 11. The Labute approximate surface area is 397 Å². The van der Waals surface area contributed by atoms with Crippen molar-refractivity contribution >= 4 is 61.8 Å². The maximum absolute atomic E-state index is 15.8. The van der Waals surface area contributed by atoms with Crippen molar-refractivity contribution in [2.24, 2.45) is 17.3 Å². The highest BCUT2D eigenvalue weighted by molar-refractivity contribution is 7.90. The number of nitrogens with one attached hydrogen (secondary N) is 3. The molecule has 0 radical (unpaired) electrons. The number of H-pyrrole nitrogens is 1. The Bertz CT molecular complexity index is 3040. The molecule has 0 saturated carbocycles. The molecule has 5 fully saturated rings. The third-order valence-corrected chi connectivity index (χ3v) is 16.9. The summed E-state index contributed by atoms with van der Waals surface area (Å²) >= 11 is 0. The highest BCUT2D eigenvalue weighted by Crippen LogP contribution is 2.45. The van der Waals surface area contributed by atoms with Crippen molar-refractivity contribution in [2.75, 3.05) is 73.4 Å². The lowest BCUT2D eigenvalue weighted by atomic mass is 9.83. The fourth-order valence-corrected chi connectivity index (χ4v) is 12.9. The zero-order valence-corrected chi connectivity index (χ0v) is 38.8. The first-order valence-electron chi connectivity index (χ1n) is 23.6. The molecular formula is C50H52F3N9O6S. The third kappa shape index (κ3) is 8.30. The van der Waals surface area contributed by atoms with Crippen LogP contribution in [0.4, 0.5) is 30.2 Å². The second-order valence-corrected chi connectivity index (χ2v) is 21.6. The summed E-state index contributed by atoms with van der Waals surface area (Å²) in [6.45, 7) is 9.19. The average Bonchev–Trinajstić information content (AvgIpc) is 4.16. The molecule has 6 aliphatic heterocycles. The van der Waals surface area contributed by atoms with Crippen LogP contribution in [0.15, 0.2) is 73.1 Å². The van der Waals surface area contributed by atoms with Crippen LogP contribution < -0.4 is 19.8 Å². The van der Waals surface area contributed by atoms with Gasteiger partial charge in [0.2, 0.25) is 17.6 Å². The molecule has 5 saturated heterocycles. The van der Waals surface area contributed by atoms with Crippen LogP contribution in [-0.4, -0.2) is 127 Å². The van der Waals surface area contributed by atoms with Gasteiger partial charge < -0.3 is 24.6 Å². The molecule has 3 amide bonds. The number of halogens is 3. The molecule has 8 heterocycles. The minimum absolute atomic E-state index is 0.00455. The fraction of sp³-hybridized carbons (Fsp3) is 0.420. The maximum atomic E-state index is 15.8. The van der Waals surface area contributed by atoms with Crippen molar-refractivity contribution in [3.8, 4) is 11.1 Å². The monoisotopic (exact) mass is 963 g/mol. The van der Waals surface area contributed by atoms with Crippen molar-refractivity contribution in [3.63, 3.8) is 0 Å². The predicted octanol–water partition coefficient (Wildman–Crippen LogP) is 5.88. The number of nitrogens with zero attached hydrogens (tertiary/aromatic N) is 6. The van der Waals surface area contributed by atoms with Gasteiger partial charge in [-0.05, 0) is 97.2 Å². The minimum atomic E-state index is -4.36. The smallest absolute Gasteiger partial charge is 0.301 e. The van der Waals surface area contributed by atoms with E-state index in [4.69, 9.17) is 0 Å². The van der Waals surface area contributed by atoms with E-state index in [9.17, 15) is 32.0 Å². The number of anilines is 3. The Morgan fingerprint density at radius 2 is 1.67 bits per heavy atom. The number of carbonyl (C=O) groups is 4. The van der Waals surface area contributed by atoms with Gasteiger partial charge >= 0.3 is 10.2 Å². The highest BCUT2D eigenvalue weighted by Gasteiger charge is 2.49. The van der Waals surface area contributed by atoms with E-state index in [0.717, 1.165) is 97.6 Å². The number of carbonyl (C=O) groups excluding carboxylic acids is 4. The number of amides is 3. The van der Waals surface area contributed by atoms with Crippen molar-refractivity contribution in [1.29, 1.82) is 0 Å². The number of fused-ring (bicyclic) bond motifs is 3. The van der Waals surface area contributed by atoms with Crippen LogP contribution in [0.2, 0.25) is 0 Å². The molecule has 11 rings (SSSR count). The topological polar surface area (TPSA) is 171 Å². The quantitative estimate of drug-likeness (QED) is 0.107. The van der Waals surface area contributed by atoms with Gasteiger partial charge in [-0.25, -0.2) is 18.2 Å². The van der Waals surface area contributed by atoms with Crippen molar-refractivity contribution in [3.05, 3.63) is 107 Å². The largest absolute Gasteiger partial charge is 0.372 e. The van der Waals surface area contributed by atoms with E-state index >= 15 is 8.78 Å². The van der Waals surface area contributed by atoms with Gasteiger partial charge in [-0.1, -0.05) is 19.1 Å². The molecule has 0 spiro atoms. The molecule has 0 unspecified atom stereocenters. The number of aromatic nitrogens is 2. The molecule has 0 aliphatic carbocycles. The SMILES string of the molecule is C[C@@]12CN(CC3CCN(c4ccc5c(c4)CN([C@@H]4CCC(=O)NC4=O)C5=O)CC3)C[C@@H]1CN(c1ccc(-c3cnc4[nH]cc(C(=O)c5c(F)ccc(NS(=O)(=O)N6CC[C@@H](F)C6)c5F)c4c3)cc1)C2. The molecule has 6 aliphatic rings. The van der Waals surface area contributed by atoms with Gasteiger partial charge in [0.25, 0.3) is 5.91 Å². The van der Waals surface area contributed by atoms with Gasteiger partial charge in [0.05, 0.1) is 11.3 Å². The molecule has 0 bridgehead atoms. The summed E-state index contributed by atoms with van der Waals surface area (Å²) in [5.41, 5.74) is 4.17. The lowest BCUT2D eigenvalue weighted by Crippen LogP contribution is -2.52. The number of ketones is 1. The number of alkyl halides is 1. The zero-order chi connectivity index (χ0) is 47.9. The Hall–Kier alpha value is -6.31. The van der Waals surface area contributed by atoms with E-state index in [0.29, 0.717) is 47.0 Å². The van der Waals surface area contributed by atoms with Gasteiger partial charge in [-0.3, -0.25) is 29.2 Å². The van der Waals surface area contributed by atoms with Gasteiger partial charge in [0.15, 0.2) is 5.82 Å². The van der Waals surface area contributed by atoms with Crippen LogP contribution in [0.3, 0.4) is 0 Å². The van der Waals surface area contributed by atoms with Crippen molar-refractivity contribution < 1.29 is 40.8 Å². The van der Waals surface area contributed by atoms with Crippen LogP contribution in [-0.2, 0) is 26.3 Å². The number of aromatic amines is 1. The van der Waals surface area contributed by atoms with Crippen molar-refractivity contribution in [1.82, 2.24) is 29.4 Å². The summed E-state index contributed by atoms with van der Waals surface area (Å²) in [6.07, 6.45) is 4.39. The van der Waals surface area contributed by atoms with Crippen LogP contribution in [0.1, 0.15) is 70.9 Å². The second kappa shape index (κ2) is 17.3. The van der Waals surface area contributed by atoms with Crippen LogP contribution in [0.25, 0.3) is 22.2 Å². The van der Waals surface area contributed by atoms with Crippen LogP contribution >= 0.6 is 0 Å². The Balaban J connectivity index is 0.694. The van der Waals surface area contributed by atoms with Crippen molar-refractivity contribution in [2.45, 2.75) is 57.8 Å². The van der Waals surface area contributed by atoms with Gasteiger partial charge in [-0.15, -0.1) is 0 Å². The standard InChI is InChI=1S/C50H52F3N9O6S/c1-50-27-58(22-29-12-15-59(16-13-29)36-6-7-37-32(18-36)23-62(49(37)66)42-10-11-43(63)56-48(42)65)24-33(50)25-60(28-50)35-4-2-30(3-5-35)31-19-38-39(21-55-47(38)54-20-31)46(64)44-40(52)8-9-41(45(44)53)57-69(67,68)61-17-14-34(51)26-61/h2-9,18-21,29,33-34,42,57H,10-17,22-28H2,1H3,(H,54,55)(H,56,63,65)/t33-,34-,42-,50+/m1/s1. The number of likely N-dealkylation sites (tertiary alicyclic amines) is 1.